The van der Waals surface area contributed by atoms with Crippen LogP contribution in [0.25, 0.3) is 5.65 Å². The van der Waals surface area contributed by atoms with Gasteiger partial charge in [-0.05, 0) is 28.6 Å². The lowest BCUT2D eigenvalue weighted by Crippen LogP contribution is -1.98. The van der Waals surface area contributed by atoms with Crippen LogP contribution in [0.15, 0.2) is 30.3 Å². The standard InChI is InChI=1S/C10H8N6O2/c11-10-6(17)2-1-3-7(10)18-9-5-4-8-12-14-15-16(8)13-9/h1-5,17H,11H2. The van der Waals surface area contributed by atoms with Crippen molar-refractivity contribution in [3.8, 4) is 17.4 Å². The van der Waals surface area contributed by atoms with E-state index in [1.54, 1.807) is 24.3 Å². The molecule has 0 fully saturated rings. The molecule has 1 aromatic carbocycles. The van der Waals surface area contributed by atoms with Gasteiger partial charge in [0.15, 0.2) is 11.4 Å². The first-order chi connectivity index (χ1) is 8.74. The molecule has 0 atom stereocenters. The van der Waals surface area contributed by atoms with Crippen LogP contribution in [0.3, 0.4) is 0 Å². The Balaban J connectivity index is 1.98. The summed E-state index contributed by atoms with van der Waals surface area (Å²) in [7, 11) is 0. The number of phenols is 1. The van der Waals surface area contributed by atoms with Gasteiger partial charge in [-0.3, -0.25) is 0 Å². The molecule has 3 aromatic rings. The largest absolute Gasteiger partial charge is 0.506 e. The molecule has 3 rings (SSSR count). The van der Waals surface area contributed by atoms with Crippen LogP contribution in [0.4, 0.5) is 5.69 Å². The lowest BCUT2D eigenvalue weighted by molar-refractivity contribution is 0.439. The van der Waals surface area contributed by atoms with Crippen molar-refractivity contribution in [3.05, 3.63) is 30.3 Å². The maximum Gasteiger partial charge on any atom is 0.239 e. The highest BCUT2D eigenvalue weighted by atomic mass is 16.5. The van der Waals surface area contributed by atoms with Crippen LogP contribution in [-0.4, -0.2) is 30.4 Å². The number of phenolic OH excluding ortho intramolecular Hbond substituents is 1. The smallest absolute Gasteiger partial charge is 0.239 e. The third-order valence-corrected chi connectivity index (χ3v) is 2.30. The van der Waals surface area contributed by atoms with E-state index in [1.165, 1.54) is 10.7 Å². The summed E-state index contributed by atoms with van der Waals surface area (Å²) in [6.07, 6.45) is 0. The van der Waals surface area contributed by atoms with Crippen molar-refractivity contribution < 1.29 is 9.84 Å². The minimum absolute atomic E-state index is 0.0454. The number of nitrogens with two attached hydrogens (primary N) is 1. The predicted octanol–water partition coefficient (Wildman–Crippen LogP) is 0.599. The Hall–Kier alpha value is -2.90. The number of anilines is 1. The van der Waals surface area contributed by atoms with Crippen molar-refractivity contribution in [1.82, 2.24) is 25.3 Å². The van der Waals surface area contributed by atoms with Crippen LogP contribution >= 0.6 is 0 Å². The normalized spacial score (nSPS) is 10.7. The molecule has 8 heteroatoms. The third-order valence-electron chi connectivity index (χ3n) is 2.30. The number of aromatic hydroxyl groups is 1. The van der Waals surface area contributed by atoms with Crippen LogP contribution in [0.5, 0.6) is 17.4 Å². The monoisotopic (exact) mass is 244 g/mol. The van der Waals surface area contributed by atoms with Gasteiger partial charge in [-0.2, -0.15) is 0 Å². The maximum absolute atomic E-state index is 9.45. The first-order valence-corrected chi connectivity index (χ1v) is 5.05. The van der Waals surface area contributed by atoms with Crippen molar-refractivity contribution in [1.29, 1.82) is 0 Å². The number of ether oxygens (including phenoxy) is 1. The SMILES string of the molecule is Nc1c(O)cccc1Oc1ccc2nnnn2n1. The lowest BCUT2D eigenvalue weighted by Gasteiger charge is -2.07. The average Bonchev–Trinajstić information content (AvgIpc) is 2.82. The fraction of sp³-hybridized carbons (Fsp3) is 0. The van der Waals surface area contributed by atoms with Crippen LogP contribution < -0.4 is 10.5 Å². The number of para-hydroxylation sites is 1. The van der Waals surface area contributed by atoms with Gasteiger partial charge < -0.3 is 15.6 Å². The lowest BCUT2D eigenvalue weighted by atomic mass is 10.3. The minimum Gasteiger partial charge on any atom is -0.506 e. The Bertz CT molecular complexity index is 710. The Morgan fingerprint density at radius 2 is 2.11 bits per heavy atom. The summed E-state index contributed by atoms with van der Waals surface area (Å²) in [6.45, 7) is 0. The third kappa shape index (κ3) is 1.65. The van der Waals surface area contributed by atoms with Crippen molar-refractivity contribution in [2.45, 2.75) is 0 Å². The van der Waals surface area contributed by atoms with Gasteiger partial charge in [-0.1, -0.05) is 6.07 Å². The van der Waals surface area contributed by atoms with E-state index in [9.17, 15) is 5.11 Å². The van der Waals surface area contributed by atoms with Gasteiger partial charge in [0.2, 0.25) is 5.88 Å². The predicted molar refractivity (Wildman–Crippen MR) is 61.2 cm³/mol. The van der Waals surface area contributed by atoms with Crippen LogP contribution in [-0.2, 0) is 0 Å². The molecule has 2 heterocycles. The zero-order valence-corrected chi connectivity index (χ0v) is 9.06. The molecule has 0 bridgehead atoms. The van der Waals surface area contributed by atoms with Crippen LogP contribution in [0.1, 0.15) is 0 Å². The summed E-state index contributed by atoms with van der Waals surface area (Å²) in [5.41, 5.74) is 6.33. The van der Waals surface area contributed by atoms with E-state index in [4.69, 9.17) is 10.5 Å². The quantitative estimate of drug-likeness (QED) is 0.501. The summed E-state index contributed by atoms with van der Waals surface area (Å²) in [5, 5.41) is 24.3. The minimum atomic E-state index is -0.0454. The van der Waals surface area contributed by atoms with E-state index in [0.29, 0.717) is 11.4 Å². The molecule has 3 N–H and O–H groups in total. The van der Waals surface area contributed by atoms with Crippen LogP contribution in [0.2, 0.25) is 0 Å². The molecule has 0 spiro atoms. The first-order valence-electron chi connectivity index (χ1n) is 5.05. The average molecular weight is 244 g/mol. The number of benzene rings is 1. The molecule has 0 aliphatic carbocycles. The first kappa shape index (κ1) is 10.3. The molecule has 0 saturated carbocycles. The second kappa shape index (κ2) is 3.84. The molecule has 90 valence electrons. The topological polar surface area (TPSA) is 111 Å². The number of rotatable bonds is 2. The summed E-state index contributed by atoms with van der Waals surface area (Å²) >= 11 is 0. The Kier molecular flexibility index (Phi) is 2.19. The van der Waals surface area contributed by atoms with E-state index in [0.717, 1.165) is 0 Å². The highest BCUT2D eigenvalue weighted by Gasteiger charge is 2.08. The van der Waals surface area contributed by atoms with Gasteiger partial charge in [0, 0.05) is 6.07 Å². The van der Waals surface area contributed by atoms with Gasteiger partial charge in [0.25, 0.3) is 0 Å². The number of hydrogen-bond acceptors (Lipinski definition) is 7. The Morgan fingerprint density at radius 1 is 1.22 bits per heavy atom. The zero-order valence-electron chi connectivity index (χ0n) is 9.06. The van der Waals surface area contributed by atoms with Gasteiger partial charge in [0.1, 0.15) is 11.4 Å². The molecular formula is C10H8N6O2. The van der Waals surface area contributed by atoms with E-state index in [2.05, 4.69) is 20.6 Å². The molecule has 18 heavy (non-hydrogen) atoms. The van der Waals surface area contributed by atoms with E-state index in [-0.39, 0.29) is 17.3 Å². The summed E-state index contributed by atoms with van der Waals surface area (Å²) in [4.78, 5) is 0. The number of tetrazole rings is 1. The molecule has 8 nitrogen and oxygen atoms in total. The number of aromatic nitrogens is 5. The van der Waals surface area contributed by atoms with Crippen molar-refractivity contribution in [3.63, 3.8) is 0 Å². The van der Waals surface area contributed by atoms with Gasteiger partial charge in [0.05, 0.1) is 0 Å². The summed E-state index contributed by atoms with van der Waals surface area (Å²) < 4.78 is 6.69. The summed E-state index contributed by atoms with van der Waals surface area (Å²) in [5.74, 6) is 0.540. The molecule has 0 amide bonds. The highest BCUT2D eigenvalue weighted by molar-refractivity contribution is 5.62. The molecular weight excluding hydrogens is 236 g/mol. The second-order valence-corrected chi connectivity index (χ2v) is 3.49. The second-order valence-electron chi connectivity index (χ2n) is 3.49. The van der Waals surface area contributed by atoms with E-state index < -0.39 is 0 Å². The van der Waals surface area contributed by atoms with E-state index >= 15 is 0 Å². The molecule has 0 aliphatic rings. The highest BCUT2D eigenvalue weighted by Crippen LogP contribution is 2.32. The Labute approximate surface area is 101 Å². The number of nitrogen functional groups attached to an aromatic ring is 1. The van der Waals surface area contributed by atoms with Gasteiger partial charge in [-0.15, -0.1) is 14.8 Å². The van der Waals surface area contributed by atoms with Crippen molar-refractivity contribution in [2.75, 3.05) is 5.73 Å². The molecule has 0 aliphatic heterocycles. The van der Waals surface area contributed by atoms with Crippen molar-refractivity contribution >= 4 is 11.3 Å². The fourth-order valence-corrected chi connectivity index (χ4v) is 1.42. The Morgan fingerprint density at radius 3 is 3.00 bits per heavy atom. The number of fused-ring (bicyclic) bond motifs is 1. The molecule has 0 saturated heterocycles. The van der Waals surface area contributed by atoms with Crippen LogP contribution in [0, 0.1) is 0 Å². The van der Waals surface area contributed by atoms with Crippen molar-refractivity contribution in [2.24, 2.45) is 0 Å². The number of nitrogens with zero attached hydrogens (tertiary/aromatic N) is 5. The molecule has 0 unspecified atom stereocenters. The van der Waals surface area contributed by atoms with Gasteiger partial charge >= 0.3 is 0 Å². The molecule has 0 radical (unpaired) electrons. The molecule has 2 aromatic heterocycles. The fourth-order valence-electron chi connectivity index (χ4n) is 1.42. The maximum atomic E-state index is 9.45. The zero-order chi connectivity index (χ0) is 12.5. The van der Waals surface area contributed by atoms with Gasteiger partial charge in [-0.25, -0.2) is 0 Å². The number of hydrogen-bond donors (Lipinski definition) is 2. The summed E-state index contributed by atoms with van der Waals surface area (Å²) in [6, 6.07) is 7.98. The van der Waals surface area contributed by atoms with E-state index in [1.807, 2.05) is 0 Å².